The highest BCUT2D eigenvalue weighted by Crippen LogP contribution is 2.30. The third kappa shape index (κ3) is 4.44. The number of Topliss-reactive ketones (excluding diaryl/α,β-unsaturated/α-hetero) is 1. The maximum atomic E-state index is 13.0. The summed E-state index contributed by atoms with van der Waals surface area (Å²) in [5.41, 5.74) is 3.48. The molecule has 4 heteroatoms. The van der Waals surface area contributed by atoms with Crippen molar-refractivity contribution in [2.24, 2.45) is 5.92 Å². The minimum atomic E-state index is -0.297. The highest BCUT2D eigenvalue weighted by Gasteiger charge is 2.25. The summed E-state index contributed by atoms with van der Waals surface area (Å²) in [6, 6.07) is 12.3. The highest BCUT2D eigenvalue weighted by molar-refractivity contribution is 5.97. The normalized spacial score (nSPS) is 17.5. The van der Waals surface area contributed by atoms with E-state index in [2.05, 4.69) is 23.1 Å². The lowest BCUT2D eigenvalue weighted by Crippen LogP contribution is -2.37. The number of fused-ring (bicyclic) bond motifs is 1. The van der Waals surface area contributed by atoms with Gasteiger partial charge in [0.15, 0.2) is 5.78 Å². The van der Waals surface area contributed by atoms with Crippen LogP contribution < -0.4 is 4.74 Å². The Morgan fingerprint density at radius 3 is 2.64 bits per heavy atom. The minimum absolute atomic E-state index is 0.0601. The Hall–Kier alpha value is -2.20. The van der Waals surface area contributed by atoms with Gasteiger partial charge in [-0.1, -0.05) is 12.1 Å². The average Bonchev–Trinajstić information content (AvgIpc) is 3.21. The summed E-state index contributed by atoms with van der Waals surface area (Å²) >= 11 is 0. The van der Waals surface area contributed by atoms with Crippen LogP contribution in [-0.4, -0.2) is 36.9 Å². The number of rotatable bonds is 7. The van der Waals surface area contributed by atoms with Crippen molar-refractivity contribution >= 4 is 5.78 Å². The number of nitrogens with zero attached hydrogens (tertiary/aromatic N) is 1. The van der Waals surface area contributed by atoms with E-state index in [1.807, 2.05) is 0 Å². The number of benzene rings is 2. The van der Waals surface area contributed by atoms with Crippen LogP contribution in [-0.2, 0) is 12.8 Å². The summed E-state index contributed by atoms with van der Waals surface area (Å²) in [6.07, 6.45) is 6.31. The summed E-state index contributed by atoms with van der Waals surface area (Å²) in [5, 5.41) is 0. The molecule has 1 saturated heterocycles. The number of likely N-dealkylation sites (tertiary alicyclic amines) is 1. The molecule has 2 aliphatic rings. The van der Waals surface area contributed by atoms with Gasteiger partial charge in [0.1, 0.15) is 11.6 Å². The first-order valence-corrected chi connectivity index (χ1v) is 10.5. The van der Waals surface area contributed by atoms with Gasteiger partial charge in [0.05, 0.1) is 6.61 Å². The Labute approximate surface area is 166 Å². The Morgan fingerprint density at radius 2 is 1.86 bits per heavy atom. The molecule has 0 bridgehead atoms. The van der Waals surface area contributed by atoms with Crippen molar-refractivity contribution in [3.8, 4) is 5.75 Å². The van der Waals surface area contributed by atoms with Crippen molar-refractivity contribution in [1.29, 1.82) is 0 Å². The van der Waals surface area contributed by atoms with Crippen molar-refractivity contribution in [3.63, 3.8) is 0 Å². The predicted molar refractivity (Wildman–Crippen MR) is 108 cm³/mol. The van der Waals surface area contributed by atoms with Gasteiger partial charge < -0.3 is 9.64 Å². The summed E-state index contributed by atoms with van der Waals surface area (Å²) in [4.78, 5) is 15.0. The second-order valence-electron chi connectivity index (χ2n) is 7.94. The zero-order valence-corrected chi connectivity index (χ0v) is 16.3. The topological polar surface area (TPSA) is 29.5 Å². The largest absolute Gasteiger partial charge is 0.493 e. The molecule has 0 amide bonds. The van der Waals surface area contributed by atoms with Crippen LogP contribution in [0.4, 0.5) is 4.39 Å². The number of ketones is 1. The van der Waals surface area contributed by atoms with Crippen LogP contribution in [0.5, 0.6) is 5.75 Å². The van der Waals surface area contributed by atoms with Crippen LogP contribution in [0.2, 0.25) is 0 Å². The van der Waals surface area contributed by atoms with E-state index in [0.29, 0.717) is 5.56 Å². The maximum Gasteiger partial charge on any atom is 0.166 e. The van der Waals surface area contributed by atoms with Gasteiger partial charge in [-0.25, -0.2) is 4.39 Å². The van der Waals surface area contributed by atoms with Crippen molar-refractivity contribution in [2.45, 2.75) is 38.5 Å². The first kappa shape index (κ1) is 19.1. The SMILES string of the molecule is O=C(c1ccc(F)cc1)C1CCN(CCCOc2cccc3c2CCC3)CC1. The molecule has 1 heterocycles. The molecule has 0 unspecified atom stereocenters. The monoisotopic (exact) mass is 381 g/mol. The van der Waals surface area contributed by atoms with E-state index in [1.54, 1.807) is 12.1 Å². The molecule has 0 spiro atoms. The van der Waals surface area contributed by atoms with Crippen LogP contribution in [0, 0.1) is 11.7 Å². The van der Waals surface area contributed by atoms with Gasteiger partial charge in [0.25, 0.3) is 0 Å². The number of halogens is 1. The van der Waals surface area contributed by atoms with Gasteiger partial charge in [0.2, 0.25) is 0 Å². The molecule has 1 aliphatic heterocycles. The molecule has 28 heavy (non-hydrogen) atoms. The molecule has 2 aromatic rings. The Balaban J connectivity index is 1.18. The number of hydrogen-bond acceptors (Lipinski definition) is 3. The lowest BCUT2D eigenvalue weighted by Gasteiger charge is -2.31. The Bertz CT molecular complexity index is 810. The second-order valence-corrected chi connectivity index (χ2v) is 7.94. The summed E-state index contributed by atoms with van der Waals surface area (Å²) < 4.78 is 19.1. The Morgan fingerprint density at radius 1 is 1.07 bits per heavy atom. The average molecular weight is 381 g/mol. The number of ether oxygens (including phenoxy) is 1. The molecule has 0 atom stereocenters. The third-order valence-corrected chi connectivity index (χ3v) is 6.07. The summed E-state index contributed by atoms with van der Waals surface area (Å²) in [5.74, 6) is 0.985. The number of hydrogen-bond donors (Lipinski definition) is 0. The van der Waals surface area contributed by atoms with E-state index in [9.17, 15) is 9.18 Å². The van der Waals surface area contributed by atoms with E-state index in [1.165, 1.54) is 36.1 Å². The van der Waals surface area contributed by atoms with Crippen LogP contribution in [0.15, 0.2) is 42.5 Å². The number of aryl methyl sites for hydroxylation is 1. The zero-order valence-electron chi connectivity index (χ0n) is 16.3. The lowest BCUT2D eigenvalue weighted by molar-refractivity contribution is 0.0835. The molecular formula is C24H28FNO2. The molecule has 1 fully saturated rings. The first-order chi connectivity index (χ1) is 13.7. The molecule has 4 rings (SSSR count). The lowest BCUT2D eigenvalue weighted by atomic mass is 9.89. The highest BCUT2D eigenvalue weighted by atomic mass is 19.1. The first-order valence-electron chi connectivity index (χ1n) is 10.5. The fraction of sp³-hybridized carbons (Fsp3) is 0.458. The van der Waals surface area contributed by atoms with Gasteiger partial charge in [-0.3, -0.25) is 4.79 Å². The van der Waals surface area contributed by atoms with Gasteiger partial charge in [-0.05, 0) is 93.1 Å². The van der Waals surface area contributed by atoms with E-state index in [0.717, 1.165) is 57.7 Å². The predicted octanol–water partition coefficient (Wildman–Crippen LogP) is 4.68. The molecule has 1 aliphatic carbocycles. The van der Waals surface area contributed by atoms with Crippen molar-refractivity contribution in [2.75, 3.05) is 26.2 Å². The molecular weight excluding hydrogens is 353 g/mol. The fourth-order valence-electron chi connectivity index (χ4n) is 4.46. The molecule has 3 nitrogen and oxygen atoms in total. The second kappa shape index (κ2) is 8.87. The van der Waals surface area contributed by atoms with Crippen LogP contribution in [0.25, 0.3) is 0 Å². The van der Waals surface area contributed by atoms with E-state index >= 15 is 0 Å². The van der Waals surface area contributed by atoms with Crippen molar-refractivity contribution in [3.05, 3.63) is 65.0 Å². The van der Waals surface area contributed by atoms with E-state index in [-0.39, 0.29) is 17.5 Å². The molecule has 148 valence electrons. The van der Waals surface area contributed by atoms with E-state index < -0.39 is 0 Å². The number of carbonyl (C=O) groups is 1. The molecule has 0 N–H and O–H groups in total. The van der Waals surface area contributed by atoms with Gasteiger partial charge >= 0.3 is 0 Å². The van der Waals surface area contributed by atoms with Crippen molar-refractivity contribution in [1.82, 2.24) is 4.90 Å². The third-order valence-electron chi connectivity index (χ3n) is 6.07. The number of carbonyl (C=O) groups excluding carboxylic acids is 1. The zero-order chi connectivity index (χ0) is 19.3. The van der Waals surface area contributed by atoms with E-state index in [4.69, 9.17) is 4.74 Å². The fourth-order valence-corrected chi connectivity index (χ4v) is 4.46. The van der Waals surface area contributed by atoms with Crippen molar-refractivity contribution < 1.29 is 13.9 Å². The van der Waals surface area contributed by atoms with Gasteiger partial charge in [0, 0.05) is 18.0 Å². The van der Waals surface area contributed by atoms with Gasteiger partial charge in [-0.2, -0.15) is 0 Å². The van der Waals surface area contributed by atoms with Crippen LogP contribution in [0.1, 0.15) is 47.2 Å². The minimum Gasteiger partial charge on any atom is -0.493 e. The molecule has 0 aromatic heterocycles. The Kier molecular flexibility index (Phi) is 6.06. The summed E-state index contributed by atoms with van der Waals surface area (Å²) in [6.45, 7) is 3.63. The molecule has 0 radical (unpaired) electrons. The number of piperidine rings is 1. The standard InChI is InChI=1S/C24H28FNO2/c25-21-10-8-19(9-11-21)24(27)20-12-15-26(16-13-20)14-3-17-28-23-7-2-5-18-4-1-6-22(18)23/h2,5,7-11,20H,1,3-4,6,12-17H2. The summed E-state index contributed by atoms with van der Waals surface area (Å²) in [7, 11) is 0. The molecule has 2 aromatic carbocycles. The smallest absolute Gasteiger partial charge is 0.166 e. The van der Waals surface area contributed by atoms with Crippen LogP contribution in [0.3, 0.4) is 0 Å². The van der Waals surface area contributed by atoms with Gasteiger partial charge in [-0.15, -0.1) is 0 Å². The maximum absolute atomic E-state index is 13.0. The molecule has 0 saturated carbocycles. The quantitative estimate of drug-likeness (QED) is 0.515. The van der Waals surface area contributed by atoms with Crippen LogP contribution >= 0.6 is 0 Å².